The first-order valence-electron chi connectivity index (χ1n) is 9.12. The van der Waals surface area contributed by atoms with Gasteiger partial charge in [-0.05, 0) is 36.8 Å². The molecular formula is C21H22N4O3. The number of carbonyl (C=O) groups is 2. The van der Waals surface area contributed by atoms with Crippen molar-refractivity contribution < 1.29 is 9.59 Å². The molecule has 7 heteroatoms. The third-order valence-corrected chi connectivity index (χ3v) is 4.33. The predicted octanol–water partition coefficient (Wildman–Crippen LogP) is 2.25. The molecule has 7 nitrogen and oxygen atoms in total. The van der Waals surface area contributed by atoms with Gasteiger partial charge >= 0.3 is 0 Å². The fourth-order valence-corrected chi connectivity index (χ4v) is 2.91. The molecule has 0 unspecified atom stereocenters. The number of rotatable bonds is 6. The largest absolute Gasteiger partial charge is 0.352 e. The second kappa shape index (κ2) is 8.47. The number of hydrogen-bond donors (Lipinski definition) is 2. The van der Waals surface area contributed by atoms with E-state index in [0.29, 0.717) is 34.3 Å². The highest BCUT2D eigenvalue weighted by atomic mass is 16.2. The van der Waals surface area contributed by atoms with Crippen LogP contribution in [0.2, 0.25) is 0 Å². The maximum absolute atomic E-state index is 12.5. The summed E-state index contributed by atoms with van der Waals surface area (Å²) >= 11 is 0. The van der Waals surface area contributed by atoms with Crippen LogP contribution >= 0.6 is 0 Å². The summed E-state index contributed by atoms with van der Waals surface area (Å²) in [5.74, 6) is -0.389. The Kier molecular flexibility index (Phi) is 5.84. The minimum Gasteiger partial charge on any atom is -0.352 e. The van der Waals surface area contributed by atoms with Crippen LogP contribution in [0.5, 0.6) is 0 Å². The fraction of sp³-hybridized carbons (Fsp3) is 0.238. The molecule has 0 saturated carbocycles. The second-order valence-electron chi connectivity index (χ2n) is 6.48. The number of hydrogen-bond acceptors (Lipinski definition) is 4. The second-order valence-corrected chi connectivity index (χ2v) is 6.48. The van der Waals surface area contributed by atoms with Gasteiger partial charge in [0.2, 0.25) is 5.91 Å². The SMILES string of the molecule is CCCNC(=O)c1ccc(NC(=O)Cc2nn(C)c(=O)c3ccccc23)cc1. The summed E-state index contributed by atoms with van der Waals surface area (Å²) in [6, 6.07) is 13.8. The van der Waals surface area contributed by atoms with Crippen molar-refractivity contribution in [1.82, 2.24) is 15.1 Å². The molecule has 3 rings (SSSR count). The summed E-state index contributed by atoms with van der Waals surface area (Å²) in [5.41, 5.74) is 1.46. The monoisotopic (exact) mass is 378 g/mol. The number of carbonyl (C=O) groups excluding carboxylic acids is 2. The molecule has 1 aromatic heterocycles. The highest BCUT2D eigenvalue weighted by molar-refractivity contribution is 5.97. The molecule has 0 aliphatic rings. The summed E-state index contributed by atoms with van der Waals surface area (Å²) < 4.78 is 1.24. The third kappa shape index (κ3) is 4.25. The Balaban J connectivity index is 1.73. The van der Waals surface area contributed by atoms with Crippen LogP contribution in [-0.4, -0.2) is 28.1 Å². The van der Waals surface area contributed by atoms with Gasteiger partial charge in [0.25, 0.3) is 11.5 Å². The maximum atomic E-state index is 12.5. The van der Waals surface area contributed by atoms with E-state index in [2.05, 4.69) is 15.7 Å². The Morgan fingerprint density at radius 3 is 2.39 bits per heavy atom. The number of nitrogens with zero attached hydrogens (tertiary/aromatic N) is 2. The quantitative estimate of drug-likeness (QED) is 0.688. The Hall–Kier alpha value is -3.48. The summed E-state index contributed by atoms with van der Waals surface area (Å²) in [5, 5.41) is 11.0. The van der Waals surface area contributed by atoms with Crippen molar-refractivity contribution >= 4 is 28.3 Å². The molecule has 0 aliphatic carbocycles. The molecule has 0 atom stereocenters. The van der Waals surface area contributed by atoms with Gasteiger partial charge in [-0.15, -0.1) is 0 Å². The van der Waals surface area contributed by atoms with Crippen LogP contribution < -0.4 is 16.2 Å². The van der Waals surface area contributed by atoms with E-state index in [0.717, 1.165) is 6.42 Å². The van der Waals surface area contributed by atoms with E-state index in [4.69, 9.17) is 0 Å². The first-order valence-corrected chi connectivity index (χ1v) is 9.12. The molecule has 0 fully saturated rings. The van der Waals surface area contributed by atoms with Crippen LogP contribution in [0.3, 0.4) is 0 Å². The summed E-state index contributed by atoms with van der Waals surface area (Å²) in [6.07, 6.45) is 0.904. The van der Waals surface area contributed by atoms with Gasteiger partial charge in [-0.1, -0.05) is 25.1 Å². The van der Waals surface area contributed by atoms with Gasteiger partial charge in [0.15, 0.2) is 0 Å². The number of amides is 2. The number of nitrogens with one attached hydrogen (secondary N) is 2. The molecule has 2 aromatic carbocycles. The minimum absolute atomic E-state index is 0.0351. The molecule has 2 amide bonds. The van der Waals surface area contributed by atoms with Crippen LogP contribution in [0.4, 0.5) is 5.69 Å². The molecule has 0 aliphatic heterocycles. The van der Waals surface area contributed by atoms with Crippen molar-refractivity contribution in [3.63, 3.8) is 0 Å². The molecule has 0 spiro atoms. The van der Waals surface area contributed by atoms with Crippen molar-refractivity contribution in [2.45, 2.75) is 19.8 Å². The predicted molar refractivity (Wildman–Crippen MR) is 108 cm³/mol. The molecule has 144 valence electrons. The lowest BCUT2D eigenvalue weighted by Gasteiger charge is -2.09. The van der Waals surface area contributed by atoms with Gasteiger partial charge in [0, 0.05) is 30.2 Å². The number of anilines is 1. The highest BCUT2D eigenvalue weighted by Gasteiger charge is 2.13. The van der Waals surface area contributed by atoms with Gasteiger partial charge in [-0.2, -0.15) is 5.10 Å². The average Bonchev–Trinajstić information content (AvgIpc) is 2.70. The lowest BCUT2D eigenvalue weighted by Crippen LogP contribution is -2.24. The van der Waals surface area contributed by atoms with Crippen molar-refractivity contribution in [3.8, 4) is 0 Å². The van der Waals surface area contributed by atoms with E-state index < -0.39 is 0 Å². The van der Waals surface area contributed by atoms with Crippen LogP contribution in [0, 0.1) is 0 Å². The number of fused-ring (bicyclic) bond motifs is 1. The molecule has 3 aromatic rings. The smallest absolute Gasteiger partial charge is 0.274 e. The lowest BCUT2D eigenvalue weighted by molar-refractivity contribution is -0.115. The number of aryl methyl sites for hydroxylation is 1. The molecule has 0 bridgehead atoms. The van der Waals surface area contributed by atoms with Gasteiger partial charge in [0.05, 0.1) is 17.5 Å². The van der Waals surface area contributed by atoms with Gasteiger partial charge in [-0.25, -0.2) is 4.68 Å². The normalized spacial score (nSPS) is 10.6. The summed E-state index contributed by atoms with van der Waals surface area (Å²) in [4.78, 5) is 36.6. The Morgan fingerprint density at radius 1 is 1.04 bits per heavy atom. The van der Waals surface area contributed by atoms with E-state index in [-0.39, 0.29) is 23.8 Å². The molecule has 28 heavy (non-hydrogen) atoms. The Bertz CT molecular complexity index is 1070. The van der Waals surface area contributed by atoms with Crippen LogP contribution in [0.15, 0.2) is 53.3 Å². The standard InChI is InChI=1S/C21H22N4O3/c1-3-12-22-20(27)14-8-10-15(11-9-14)23-19(26)13-18-16-6-4-5-7-17(16)21(28)25(2)24-18/h4-11H,3,12-13H2,1-2H3,(H,22,27)(H,23,26). The zero-order valence-electron chi connectivity index (χ0n) is 15.9. The van der Waals surface area contributed by atoms with Crippen molar-refractivity contribution in [1.29, 1.82) is 0 Å². The highest BCUT2D eigenvalue weighted by Crippen LogP contribution is 2.15. The van der Waals surface area contributed by atoms with Gasteiger partial charge in [0.1, 0.15) is 0 Å². The van der Waals surface area contributed by atoms with Crippen molar-refractivity contribution in [2.75, 3.05) is 11.9 Å². The molecule has 2 N–H and O–H groups in total. The zero-order chi connectivity index (χ0) is 20.1. The van der Waals surface area contributed by atoms with Crippen molar-refractivity contribution in [2.24, 2.45) is 7.05 Å². The van der Waals surface area contributed by atoms with E-state index in [1.807, 2.05) is 13.0 Å². The third-order valence-electron chi connectivity index (χ3n) is 4.33. The van der Waals surface area contributed by atoms with E-state index in [9.17, 15) is 14.4 Å². The molecular weight excluding hydrogens is 356 g/mol. The van der Waals surface area contributed by atoms with E-state index >= 15 is 0 Å². The Morgan fingerprint density at radius 2 is 1.71 bits per heavy atom. The first-order chi connectivity index (χ1) is 13.5. The molecule has 0 radical (unpaired) electrons. The minimum atomic E-state index is -0.250. The van der Waals surface area contributed by atoms with Crippen molar-refractivity contribution in [3.05, 3.63) is 70.1 Å². The van der Waals surface area contributed by atoms with E-state index in [1.54, 1.807) is 49.5 Å². The van der Waals surface area contributed by atoms with Gasteiger partial charge in [-0.3, -0.25) is 14.4 Å². The van der Waals surface area contributed by atoms with Crippen LogP contribution in [0.1, 0.15) is 29.4 Å². The topological polar surface area (TPSA) is 93.1 Å². The van der Waals surface area contributed by atoms with Crippen LogP contribution in [-0.2, 0) is 18.3 Å². The average molecular weight is 378 g/mol. The maximum Gasteiger partial charge on any atom is 0.274 e. The number of benzene rings is 2. The molecule has 0 saturated heterocycles. The van der Waals surface area contributed by atoms with E-state index in [1.165, 1.54) is 4.68 Å². The van der Waals surface area contributed by atoms with Crippen LogP contribution in [0.25, 0.3) is 10.8 Å². The van der Waals surface area contributed by atoms with Gasteiger partial charge < -0.3 is 10.6 Å². The summed E-state index contributed by atoms with van der Waals surface area (Å²) in [6.45, 7) is 2.61. The molecule has 1 heterocycles. The number of aromatic nitrogens is 2. The lowest BCUT2D eigenvalue weighted by atomic mass is 10.1. The zero-order valence-corrected chi connectivity index (χ0v) is 15.9. The first kappa shape index (κ1) is 19.3. The summed E-state index contributed by atoms with van der Waals surface area (Å²) in [7, 11) is 1.57. The fourth-order valence-electron chi connectivity index (χ4n) is 2.91. The Labute approximate surface area is 162 Å².